The molecule has 0 amide bonds. The van der Waals surface area contributed by atoms with Crippen LogP contribution in [-0.2, 0) is 0 Å². The maximum Gasteiger partial charge on any atom is 0.234 e. The molecular formula is C16H26N4O. The van der Waals surface area contributed by atoms with Crippen molar-refractivity contribution in [3.8, 4) is 5.88 Å². The van der Waals surface area contributed by atoms with Crippen molar-refractivity contribution < 1.29 is 4.74 Å². The highest BCUT2D eigenvalue weighted by Gasteiger charge is 2.32. The number of anilines is 1. The Kier molecular flexibility index (Phi) is 4.58. The van der Waals surface area contributed by atoms with Crippen LogP contribution in [-0.4, -0.2) is 41.7 Å². The Balaban J connectivity index is 1.70. The number of hydrogen-bond donors (Lipinski definition) is 1. The van der Waals surface area contributed by atoms with Gasteiger partial charge >= 0.3 is 0 Å². The number of piperidine rings is 1. The molecular weight excluding hydrogens is 264 g/mol. The smallest absolute Gasteiger partial charge is 0.234 e. The van der Waals surface area contributed by atoms with Crippen molar-refractivity contribution in [1.29, 1.82) is 0 Å². The molecule has 1 saturated carbocycles. The molecule has 2 heterocycles. The van der Waals surface area contributed by atoms with Crippen molar-refractivity contribution >= 4 is 5.82 Å². The average Bonchev–Trinajstić information content (AvgIpc) is 3.30. The molecule has 116 valence electrons. The van der Waals surface area contributed by atoms with Gasteiger partial charge in [-0.3, -0.25) is 4.98 Å². The second kappa shape index (κ2) is 6.60. The summed E-state index contributed by atoms with van der Waals surface area (Å²) < 4.78 is 5.68. The van der Waals surface area contributed by atoms with E-state index in [0.717, 1.165) is 31.4 Å². The first-order valence-electron chi connectivity index (χ1n) is 8.18. The molecule has 1 aliphatic carbocycles. The van der Waals surface area contributed by atoms with Gasteiger partial charge in [0.25, 0.3) is 0 Å². The molecule has 1 atom stereocenters. The molecule has 3 rings (SSSR count). The summed E-state index contributed by atoms with van der Waals surface area (Å²) in [6, 6.07) is 0.649. The summed E-state index contributed by atoms with van der Waals surface area (Å²) in [7, 11) is 0. The standard InChI is InChI=1S/C16H26N4O/c1-12(2)21-16-10-18-9-15(19-16)20(14-5-6-14)11-13-4-3-7-17-8-13/h9-10,12-14,17H,3-8,11H2,1-2H3. The summed E-state index contributed by atoms with van der Waals surface area (Å²) >= 11 is 0. The monoisotopic (exact) mass is 290 g/mol. The molecule has 1 aromatic heterocycles. The minimum Gasteiger partial charge on any atom is -0.474 e. The SMILES string of the molecule is CC(C)Oc1cncc(N(CC2CCCNC2)C2CC2)n1. The molecule has 1 saturated heterocycles. The van der Waals surface area contributed by atoms with Crippen molar-refractivity contribution in [3.05, 3.63) is 12.4 Å². The molecule has 0 aromatic carbocycles. The van der Waals surface area contributed by atoms with Gasteiger partial charge in [-0.25, -0.2) is 0 Å². The summed E-state index contributed by atoms with van der Waals surface area (Å²) in [6.45, 7) is 7.40. The van der Waals surface area contributed by atoms with Crippen LogP contribution >= 0.6 is 0 Å². The molecule has 2 aliphatic rings. The Labute approximate surface area is 127 Å². The van der Waals surface area contributed by atoms with Gasteiger partial charge in [0.05, 0.1) is 18.5 Å². The van der Waals surface area contributed by atoms with Crippen LogP contribution in [0.2, 0.25) is 0 Å². The average molecular weight is 290 g/mol. The fourth-order valence-electron chi connectivity index (χ4n) is 2.95. The van der Waals surface area contributed by atoms with Gasteiger partial charge in [-0.15, -0.1) is 0 Å². The number of nitrogens with one attached hydrogen (secondary N) is 1. The van der Waals surface area contributed by atoms with Crippen LogP contribution in [0.25, 0.3) is 0 Å². The van der Waals surface area contributed by atoms with E-state index in [-0.39, 0.29) is 6.10 Å². The predicted octanol–water partition coefficient (Wildman–Crippen LogP) is 2.23. The lowest BCUT2D eigenvalue weighted by Gasteiger charge is -2.31. The summed E-state index contributed by atoms with van der Waals surface area (Å²) in [5, 5.41) is 3.50. The minimum absolute atomic E-state index is 0.131. The molecule has 5 nitrogen and oxygen atoms in total. The Morgan fingerprint density at radius 1 is 1.33 bits per heavy atom. The van der Waals surface area contributed by atoms with Gasteiger partial charge in [0.15, 0.2) is 5.82 Å². The Morgan fingerprint density at radius 3 is 2.86 bits per heavy atom. The van der Waals surface area contributed by atoms with E-state index >= 15 is 0 Å². The van der Waals surface area contributed by atoms with Crippen LogP contribution in [0.15, 0.2) is 12.4 Å². The molecule has 0 radical (unpaired) electrons. The quantitative estimate of drug-likeness (QED) is 0.870. The second-order valence-electron chi connectivity index (χ2n) is 6.48. The summed E-state index contributed by atoms with van der Waals surface area (Å²) in [6.07, 6.45) is 8.86. The normalized spacial score (nSPS) is 22.3. The lowest BCUT2D eigenvalue weighted by molar-refractivity contribution is 0.231. The zero-order valence-electron chi connectivity index (χ0n) is 13.1. The van der Waals surface area contributed by atoms with Crippen LogP contribution < -0.4 is 15.0 Å². The van der Waals surface area contributed by atoms with Crippen molar-refractivity contribution in [2.24, 2.45) is 5.92 Å². The number of ether oxygens (including phenoxy) is 1. The van der Waals surface area contributed by atoms with E-state index in [1.165, 1.54) is 25.7 Å². The van der Waals surface area contributed by atoms with Gasteiger partial charge in [0, 0.05) is 12.6 Å². The first-order chi connectivity index (χ1) is 10.2. The van der Waals surface area contributed by atoms with Gasteiger partial charge in [0.1, 0.15) is 0 Å². The van der Waals surface area contributed by atoms with Crippen molar-refractivity contribution in [2.45, 2.75) is 51.7 Å². The van der Waals surface area contributed by atoms with E-state index < -0.39 is 0 Å². The molecule has 21 heavy (non-hydrogen) atoms. The fourth-order valence-corrected chi connectivity index (χ4v) is 2.95. The van der Waals surface area contributed by atoms with E-state index in [4.69, 9.17) is 4.74 Å². The highest BCUT2D eigenvalue weighted by Crippen LogP contribution is 2.32. The van der Waals surface area contributed by atoms with E-state index in [2.05, 4.69) is 20.2 Å². The van der Waals surface area contributed by atoms with E-state index in [1.807, 2.05) is 20.0 Å². The Morgan fingerprint density at radius 2 is 2.19 bits per heavy atom. The van der Waals surface area contributed by atoms with Gasteiger partial charge in [-0.2, -0.15) is 4.98 Å². The third-order valence-corrected chi connectivity index (χ3v) is 4.09. The summed E-state index contributed by atoms with van der Waals surface area (Å²) in [5.41, 5.74) is 0. The lowest BCUT2D eigenvalue weighted by atomic mass is 9.99. The van der Waals surface area contributed by atoms with Crippen molar-refractivity contribution in [1.82, 2.24) is 15.3 Å². The minimum atomic E-state index is 0.131. The van der Waals surface area contributed by atoms with Crippen LogP contribution in [0.4, 0.5) is 5.82 Å². The number of rotatable bonds is 6. The molecule has 1 N–H and O–H groups in total. The van der Waals surface area contributed by atoms with E-state index in [0.29, 0.717) is 11.9 Å². The largest absolute Gasteiger partial charge is 0.474 e. The molecule has 5 heteroatoms. The molecule has 2 fully saturated rings. The summed E-state index contributed by atoms with van der Waals surface area (Å²) in [4.78, 5) is 11.4. The maximum absolute atomic E-state index is 5.68. The van der Waals surface area contributed by atoms with Gasteiger partial charge in [-0.1, -0.05) is 0 Å². The Hall–Kier alpha value is -1.36. The first-order valence-corrected chi connectivity index (χ1v) is 8.18. The fraction of sp³-hybridized carbons (Fsp3) is 0.750. The molecule has 0 spiro atoms. The van der Waals surface area contributed by atoms with Gasteiger partial charge in [-0.05, 0) is 58.5 Å². The second-order valence-corrected chi connectivity index (χ2v) is 6.48. The highest BCUT2D eigenvalue weighted by atomic mass is 16.5. The third kappa shape index (κ3) is 4.06. The van der Waals surface area contributed by atoms with Crippen LogP contribution in [0.5, 0.6) is 5.88 Å². The van der Waals surface area contributed by atoms with E-state index in [1.54, 1.807) is 6.20 Å². The number of nitrogens with zero attached hydrogens (tertiary/aromatic N) is 3. The van der Waals surface area contributed by atoms with Gasteiger partial charge < -0.3 is 15.0 Å². The van der Waals surface area contributed by atoms with Crippen LogP contribution in [0, 0.1) is 5.92 Å². The molecule has 1 unspecified atom stereocenters. The zero-order chi connectivity index (χ0) is 14.7. The van der Waals surface area contributed by atoms with Crippen molar-refractivity contribution in [3.63, 3.8) is 0 Å². The van der Waals surface area contributed by atoms with Crippen LogP contribution in [0.3, 0.4) is 0 Å². The van der Waals surface area contributed by atoms with Crippen LogP contribution in [0.1, 0.15) is 39.5 Å². The molecule has 0 bridgehead atoms. The van der Waals surface area contributed by atoms with E-state index in [9.17, 15) is 0 Å². The maximum atomic E-state index is 5.68. The topological polar surface area (TPSA) is 50.3 Å². The van der Waals surface area contributed by atoms with Crippen molar-refractivity contribution in [2.75, 3.05) is 24.5 Å². The molecule has 1 aliphatic heterocycles. The predicted molar refractivity (Wildman–Crippen MR) is 83.8 cm³/mol. The highest BCUT2D eigenvalue weighted by molar-refractivity contribution is 5.41. The Bertz CT molecular complexity index is 455. The number of aromatic nitrogens is 2. The zero-order valence-corrected chi connectivity index (χ0v) is 13.1. The van der Waals surface area contributed by atoms with Gasteiger partial charge in [0.2, 0.25) is 5.88 Å². The third-order valence-electron chi connectivity index (χ3n) is 4.09. The number of hydrogen-bond acceptors (Lipinski definition) is 5. The summed E-state index contributed by atoms with van der Waals surface area (Å²) in [5.74, 6) is 2.33. The lowest BCUT2D eigenvalue weighted by Crippen LogP contribution is -2.39. The molecule has 1 aromatic rings. The first kappa shape index (κ1) is 14.6.